The molecule has 2 heterocycles. The van der Waals surface area contributed by atoms with Crippen molar-refractivity contribution in [3.63, 3.8) is 0 Å². The number of aromatic nitrogens is 2. The van der Waals surface area contributed by atoms with E-state index in [0.29, 0.717) is 12.5 Å². The van der Waals surface area contributed by atoms with E-state index in [1.807, 2.05) is 30.3 Å². The van der Waals surface area contributed by atoms with E-state index in [1.54, 1.807) is 13.3 Å². The van der Waals surface area contributed by atoms with Gasteiger partial charge in [-0.1, -0.05) is 12.1 Å². The van der Waals surface area contributed by atoms with Crippen LogP contribution in [0.1, 0.15) is 5.56 Å². The van der Waals surface area contributed by atoms with Crippen LogP contribution in [0.2, 0.25) is 0 Å². The highest BCUT2D eigenvalue weighted by atomic mass is 16.5. The number of ether oxygens (including phenoxy) is 1. The molecule has 2 N–H and O–H groups in total. The molecular formula is C16H21N5O. The van der Waals surface area contributed by atoms with E-state index in [-0.39, 0.29) is 0 Å². The van der Waals surface area contributed by atoms with Crippen molar-refractivity contribution in [3.05, 3.63) is 42.1 Å². The van der Waals surface area contributed by atoms with Crippen LogP contribution >= 0.6 is 0 Å². The van der Waals surface area contributed by atoms with Gasteiger partial charge in [-0.05, 0) is 23.8 Å². The zero-order valence-electron chi connectivity index (χ0n) is 12.7. The quantitative estimate of drug-likeness (QED) is 0.872. The van der Waals surface area contributed by atoms with Crippen molar-refractivity contribution < 1.29 is 4.74 Å². The molecule has 0 amide bonds. The summed E-state index contributed by atoms with van der Waals surface area (Å²) in [6.45, 7) is 4.65. The highest BCUT2D eigenvalue weighted by molar-refractivity contribution is 5.43. The largest absolute Gasteiger partial charge is 0.497 e. The lowest BCUT2D eigenvalue weighted by Crippen LogP contribution is -2.43. The monoisotopic (exact) mass is 299 g/mol. The van der Waals surface area contributed by atoms with Crippen LogP contribution in [0.5, 0.6) is 5.75 Å². The first kappa shape index (κ1) is 14.6. The minimum absolute atomic E-state index is 0.659. The fraction of sp³-hybridized carbons (Fsp3) is 0.375. The van der Waals surface area contributed by atoms with Gasteiger partial charge in [-0.15, -0.1) is 0 Å². The molecule has 6 heteroatoms. The van der Waals surface area contributed by atoms with E-state index in [4.69, 9.17) is 4.74 Å². The summed E-state index contributed by atoms with van der Waals surface area (Å²) in [5.41, 5.74) is 1.16. The molecule has 0 aliphatic carbocycles. The average molecular weight is 299 g/mol. The Hall–Kier alpha value is -2.34. The molecule has 1 aromatic carbocycles. The van der Waals surface area contributed by atoms with Crippen molar-refractivity contribution in [2.75, 3.05) is 43.5 Å². The molecule has 0 saturated carbocycles. The maximum Gasteiger partial charge on any atom is 0.224 e. The Bertz CT molecular complexity index is 596. The molecule has 0 atom stereocenters. The van der Waals surface area contributed by atoms with Gasteiger partial charge < -0.3 is 20.3 Å². The number of rotatable bonds is 5. The smallest absolute Gasteiger partial charge is 0.224 e. The number of hydrogen-bond donors (Lipinski definition) is 2. The predicted molar refractivity (Wildman–Crippen MR) is 87.4 cm³/mol. The van der Waals surface area contributed by atoms with Crippen LogP contribution < -0.4 is 20.3 Å². The summed E-state index contributed by atoms with van der Waals surface area (Å²) >= 11 is 0. The van der Waals surface area contributed by atoms with Crippen LogP contribution in [-0.4, -0.2) is 43.3 Å². The van der Waals surface area contributed by atoms with Gasteiger partial charge in [0.2, 0.25) is 5.95 Å². The van der Waals surface area contributed by atoms with E-state index >= 15 is 0 Å². The summed E-state index contributed by atoms with van der Waals surface area (Å²) in [7, 11) is 1.67. The number of anilines is 2. The summed E-state index contributed by atoms with van der Waals surface area (Å²) in [6.07, 6.45) is 1.81. The van der Waals surface area contributed by atoms with Crippen LogP contribution in [0, 0.1) is 0 Å². The number of nitrogens with zero attached hydrogens (tertiary/aromatic N) is 3. The zero-order chi connectivity index (χ0) is 15.2. The molecule has 3 rings (SSSR count). The number of piperazine rings is 1. The van der Waals surface area contributed by atoms with E-state index in [1.165, 1.54) is 0 Å². The second kappa shape index (κ2) is 7.09. The maximum atomic E-state index is 5.16. The molecule has 0 unspecified atom stereocenters. The molecule has 1 fully saturated rings. The van der Waals surface area contributed by atoms with Crippen LogP contribution in [0.15, 0.2) is 36.5 Å². The molecule has 2 aromatic rings. The SMILES string of the molecule is COc1ccc(CNc2nccc(N3CCNCC3)n2)cc1. The minimum Gasteiger partial charge on any atom is -0.497 e. The molecule has 1 saturated heterocycles. The number of methoxy groups -OCH3 is 1. The lowest BCUT2D eigenvalue weighted by molar-refractivity contribution is 0.414. The van der Waals surface area contributed by atoms with Gasteiger partial charge in [0, 0.05) is 38.9 Å². The van der Waals surface area contributed by atoms with Crippen molar-refractivity contribution in [2.45, 2.75) is 6.54 Å². The average Bonchev–Trinajstić information content (AvgIpc) is 2.61. The summed E-state index contributed by atoms with van der Waals surface area (Å²) in [4.78, 5) is 11.2. The molecule has 0 bridgehead atoms. The molecule has 0 radical (unpaired) electrons. The standard InChI is InChI=1S/C16H21N5O/c1-22-14-4-2-13(3-5-14)12-19-16-18-7-6-15(20-16)21-10-8-17-9-11-21/h2-7,17H,8-12H2,1H3,(H,18,19,20). The van der Waals surface area contributed by atoms with Gasteiger partial charge in [-0.2, -0.15) is 4.98 Å². The highest BCUT2D eigenvalue weighted by Gasteiger charge is 2.12. The zero-order valence-corrected chi connectivity index (χ0v) is 12.7. The topological polar surface area (TPSA) is 62.3 Å². The molecule has 1 aliphatic rings. The van der Waals surface area contributed by atoms with Crippen molar-refractivity contribution in [2.24, 2.45) is 0 Å². The summed E-state index contributed by atoms with van der Waals surface area (Å²) in [5.74, 6) is 2.50. The molecule has 1 aromatic heterocycles. The molecule has 0 spiro atoms. The van der Waals surface area contributed by atoms with E-state index in [0.717, 1.165) is 43.3 Å². The van der Waals surface area contributed by atoms with Gasteiger partial charge >= 0.3 is 0 Å². The van der Waals surface area contributed by atoms with E-state index in [2.05, 4.69) is 25.5 Å². The first-order valence-electron chi connectivity index (χ1n) is 7.51. The fourth-order valence-corrected chi connectivity index (χ4v) is 2.43. The first-order chi connectivity index (χ1) is 10.8. The Morgan fingerprint density at radius 1 is 1.18 bits per heavy atom. The Kier molecular flexibility index (Phi) is 4.70. The van der Waals surface area contributed by atoms with Gasteiger partial charge in [-0.3, -0.25) is 0 Å². The highest BCUT2D eigenvalue weighted by Crippen LogP contribution is 2.15. The van der Waals surface area contributed by atoms with Crippen molar-refractivity contribution in [1.29, 1.82) is 0 Å². The third-order valence-electron chi connectivity index (χ3n) is 3.69. The summed E-state index contributed by atoms with van der Waals surface area (Å²) < 4.78 is 5.16. The number of hydrogen-bond acceptors (Lipinski definition) is 6. The van der Waals surface area contributed by atoms with Gasteiger partial charge in [0.15, 0.2) is 0 Å². The minimum atomic E-state index is 0.659. The Labute approximate surface area is 130 Å². The number of nitrogens with one attached hydrogen (secondary N) is 2. The normalized spacial score (nSPS) is 14.7. The van der Waals surface area contributed by atoms with Crippen LogP contribution in [0.25, 0.3) is 0 Å². The maximum absolute atomic E-state index is 5.16. The summed E-state index contributed by atoms with van der Waals surface area (Å²) in [5, 5.41) is 6.62. The van der Waals surface area contributed by atoms with Gasteiger partial charge in [-0.25, -0.2) is 4.98 Å². The van der Waals surface area contributed by atoms with Crippen LogP contribution in [0.4, 0.5) is 11.8 Å². The second-order valence-electron chi connectivity index (χ2n) is 5.18. The Morgan fingerprint density at radius 2 is 1.95 bits per heavy atom. The van der Waals surface area contributed by atoms with Crippen LogP contribution in [0.3, 0.4) is 0 Å². The van der Waals surface area contributed by atoms with Gasteiger partial charge in [0.05, 0.1) is 7.11 Å². The third-order valence-corrected chi connectivity index (χ3v) is 3.69. The van der Waals surface area contributed by atoms with Crippen molar-refractivity contribution in [1.82, 2.24) is 15.3 Å². The fourth-order valence-electron chi connectivity index (χ4n) is 2.43. The lowest BCUT2D eigenvalue weighted by Gasteiger charge is -2.28. The summed E-state index contributed by atoms with van der Waals surface area (Å²) in [6, 6.07) is 9.94. The Balaban J connectivity index is 1.62. The van der Waals surface area contributed by atoms with E-state index in [9.17, 15) is 0 Å². The van der Waals surface area contributed by atoms with E-state index < -0.39 is 0 Å². The lowest BCUT2D eigenvalue weighted by atomic mass is 10.2. The van der Waals surface area contributed by atoms with Gasteiger partial charge in [0.1, 0.15) is 11.6 Å². The molecular weight excluding hydrogens is 278 g/mol. The molecule has 6 nitrogen and oxygen atoms in total. The predicted octanol–water partition coefficient (Wildman–Crippen LogP) is 1.51. The van der Waals surface area contributed by atoms with Crippen molar-refractivity contribution in [3.8, 4) is 5.75 Å². The third kappa shape index (κ3) is 3.65. The number of benzene rings is 1. The van der Waals surface area contributed by atoms with Crippen molar-refractivity contribution >= 4 is 11.8 Å². The second-order valence-corrected chi connectivity index (χ2v) is 5.18. The van der Waals surface area contributed by atoms with Crippen LogP contribution in [-0.2, 0) is 6.54 Å². The molecule has 22 heavy (non-hydrogen) atoms. The van der Waals surface area contributed by atoms with Gasteiger partial charge in [0.25, 0.3) is 0 Å². The Morgan fingerprint density at radius 3 is 2.68 bits per heavy atom. The molecule has 1 aliphatic heterocycles. The molecule has 116 valence electrons. The first-order valence-corrected chi connectivity index (χ1v) is 7.51.